The van der Waals surface area contributed by atoms with E-state index in [0.29, 0.717) is 0 Å². The lowest BCUT2D eigenvalue weighted by Gasteiger charge is -2.30. The Bertz CT molecular complexity index is 524. The second-order valence-electron chi connectivity index (χ2n) is 5.07. The molecule has 0 saturated heterocycles. The lowest BCUT2D eigenvalue weighted by Crippen LogP contribution is -2.21. The van der Waals surface area contributed by atoms with Gasteiger partial charge in [0.25, 0.3) is 0 Å². The van der Waals surface area contributed by atoms with Crippen LogP contribution >= 0.6 is 25.3 Å². The molecule has 0 saturated carbocycles. The van der Waals surface area contributed by atoms with E-state index in [-0.39, 0.29) is 5.92 Å². The number of thiol groups is 2. The normalized spacial score (nSPS) is 11.5. The van der Waals surface area contributed by atoms with Crippen molar-refractivity contribution < 1.29 is 9.47 Å². The average molecular weight is 320 g/mol. The van der Waals surface area contributed by atoms with E-state index in [2.05, 4.69) is 49.5 Å². The van der Waals surface area contributed by atoms with Gasteiger partial charge in [-0.3, -0.25) is 0 Å². The van der Waals surface area contributed by atoms with Crippen LogP contribution in [0.1, 0.15) is 24.0 Å². The zero-order valence-corrected chi connectivity index (χ0v) is 14.2. The monoisotopic (exact) mass is 320 g/mol. The van der Waals surface area contributed by atoms with E-state index >= 15 is 0 Å². The van der Waals surface area contributed by atoms with Gasteiger partial charge >= 0.3 is 0 Å². The zero-order chi connectivity index (χ0) is 15.5. The van der Waals surface area contributed by atoms with Gasteiger partial charge in [-0.2, -0.15) is 25.3 Å². The van der Waals surface area contributed by atoms with E-state index in [1.165, 1.54) is 0 Å². The van der Waals surface area contributed by atoms with E-state index < -0.39 is 4.08 Å². The number of benzene rings is 2. The summed E-state index contributed by atoms with van der Waals surface area (Å²) in [6, 6.07) is 16.0. The van der Waals surface area contributed by atoms with Gasteiger partial charge in [0.05, 0.1) is 18.3 Å². The van der Waals surface area contributed by atoms with Crippen LogP contribution < -0.4 is 9.47 Å². The molecule has 112 valence electrons. The Balaban J connectivity index is 2.41. The lowest BCUT2D eigenvalue weighted by molar-refractivity contribution is 0.414. The molecule has 0 bridgehead atoms. The van der Waals surface area contributed by atoms with E-state index in [9.17, 15) is 0 Å². The van der Waals surface area contributed by atoms with Crippen molar-refractivity contribution in [2.75, 3.05) is 14.2 Å². The van der Waals surface area contributed by atoms with Crippen LogP contribution in [0.2, 0.25) is 0 Å². The Morgan fingerprint density at radius 2 is 1.10 bits per heavy atom. The molecule has 0 unspecified atom stereocenters. The van der Waals surface area contributed by atoms with Gasteiger partial charge in [-0.1, -0.05) is 24.3 Å². The molecule has 0 amide bonds. The minimum atomic E-state index is -0.483. The summed E-state index contributed by atoms with van der Waals surface area (Å²) in [7, 11) is 3.33. The van der Waals surface area contributed by atoms with Crippen LogP contribution in [-0.2, 0) is 0 Å². The Labute approximate surface area is 137 Å². The first-order chi connectivity index (χ1) is 9.95. The molecule has 0 N–H and O–H groups in total. The Morgan fingerprint density at radius 3 is 1.33 bits per heavy atom. The molecule has 0 aromatic heterocycles. The second-order valence-corrected chi connectivity index (χ2v) is 7.28. The predicted octanol–water partition coefficient (Wildman–Crippen LogP) is 4.41. The molecule has 2 aromatic rings. The molecule has 0 atom stereocenters. The molecule has 2 aromatic carbocycles. The Morgan fingerprint density at radius 1 is 0.762 bits per heavy atom. The Hall–Kier alpha value is -1.26. The van der Waals surface area contributed by atoms with E-state index in [1.807, 2.05) is 31.2 Å². The SMILES string of the molecule is COc1ccc(C(c2ccc(OC)cc2)C(C)(S)S)cc1. The van der Waals surface area contributed by atoms with Crippen molar-refractivity contribution in [2.24, 2.45) is 0 Å². The van der Waals surface area contributed by atoms with Crippen LogP contribution in [0.3, 0.4) is 0 Å². The molecule has 4 heteroatoms. The van der Waals surface area contributed by atoms with Gasteiger partial charge in [0.2, 0.25) is 0 Å². The maximum absolute atomic E-state index is 5.22. The summed E-state index contributed by atoms with van der Waals surface area (Å²) in [4.78, 5) is 0. The fraction of sp³-hybridized carbons (Fsp3) is 0.294. The van der Waals surface area contributed by atoms with Gasteiger partial charge in [0.1, 0.15) is 11.5 Å². The first-order valence-corrected chi connectivity index (χ1v) is 7.58. The first kappa shape index (κ1) is 16.1. The third-order valence-electron chi connectivity index (χ3n) is 3.45. The highest BCUT2D eigenvalue weighted by molar-refractivity contribution is 8.00. The molecule has 0 aliphatic carbocycles. The fourth-order valence-electron chi connectivity index (χ4n) is 2.42. The highest BCUT2D eigenvalue weighted by atomic mass is 32.2. The number of hydrogen-bond donors (Lipinski definition) is 2. The molecular weight excluding hydrogens is 300 g/mol. The quantitative estimate of drug-likeness (QED) is 0.628. The molecule has 2 nitrogen and oxygen atoms in total. The summed E-state index contributed by atoms with van der Waals surface area (Å²) >= 11 is 9.34. The van der Waals surface area contributed by atoms with Crippen LogP contribution in [0, 0.1) is 0 Å². The van der Waals surface area contributed by atoms with Crippen molar-refractivity contribution in [3.63, 3.8) is 0 Å². The fourth-order valence-corrected chi connectivity index (χ4v) is 3.01. The molecule has 21 heavy (non-hydrogen) atoms. The molecule has 0 heterocycles. The van der Waals surface area contributed by atoms with Crippen molar-refractivity contribution in [2.45, 2.75) is 16.9 Å². The molecule has 0 fully saturated rings. The van der Waals surface area contributed by atoms with Gasteiger partial charge in [-0.15, -0.1) is 0 Å². The summed E-state index contributed by atoms with van der Waals surface area (Å²) in [5.74, 6) is 1.74. The number of methoxy groups -OCH3 is 2. The number of hydrogen-bond acceptors (Lipinski definition) is 4. The van der Waals surface area contributed by atoms with Crippen LogP contribution in [0.4, 0.5) is 0 Å². The van der Waals surface area contributed by atoms with Gasteiger partial charge < -0.3 is 9.47 Å². The summed E-state index contributed by atoms with van der Waals surface area (Å²) in [6.45, 7) is 2.00. The molecule has 0 aliphatic rings. The van der Waals surface area contributed by atoms with Crippen LogP contribution in [0.25, 0.3) is 0 Å². The van der Waals surface area contributed by atoms with Crippen molar-refractivity contribution in [1.29, 1.82) is 0 Å². The predicted molar refractivity (Wildman–Crippen MR) is 94.2 cm³/mol. The van der Waals surface area contributed by atoms with Crippen LogP contribution in [0.15, 0.2) is 48.5 Å². The highest BCUT2D eigenvalue weighted by Crippen LogP contribution is 2.42. The first-order valence-electron chi connectivity index (χ1n) is 6.68. The smallest absolute Gasteiger partial charge is 0.118 e. The Kier molecular flexibility index (Phi) is 5.12. The van der Waals surface area contributed by atoms with Crippen molar-refractivity contribution >= 4 is 25.3 Å². The number of rotatable bonds is 5. The van der Waals surface area contributed by atoms with Gasteiger partial charge in [0, 0.05) is 5.92 Å². The van der Waals surface area contributed by atoms with Gasteiger partial charge in [-0.05, 0) is 42.3 Å². The van der Waals surface area contributed by atoms with Gasteiger partial charge in [-0.25, -0.2) is 0 Å². The average Bonchev–Trinajstić information content (AvgIpc) is 2.47. The third kappa shape index (κ3) is 3.89. The van der Waals surface area contributed by atoms with Crippen molar-refractivity contribution in [3.8, 4) is 11.5 Å². The summed E-state index contributed by atoms with van der Waals surface area (Å²) in [5, 5.41) is 0. The molecule has 0 aliphatic heterocycles. The molecule has 0 spiro atoms. The van der Waals surface area contributed by atoms with E-state index in [4.69, 9.17) is 9.47 Å². The van der Waals surface area contributed by atoms with Crippen molar-refractivity contribution in [3.05, 3.63) is 59.7 Å². The van der Waals surface area contributed by atoms with E-state index in [1.54, 1.807) is 14.2 Å². The lowest BCUT2D eigenvalue weighted by atomic mass is 9.88. The van der Waals surface area contributed by atoms with Crippen LogP contribution in [-0.4, -0.2) is 18.3 Å². The third-order valence-corrected chi connectivity index (χ3v) is 3.96. The summed E-state index contributed by atoms with van der Waals surface area (Å²) < 4.78 is 9.95. The second kappa shape index (κ2) is 6.67. The molecule has 2 rings (SSSR count). The maximum atomic E-state index is 5.22. The standard InChI is InChI=1S/C17H20O2S2/c1-17(20,21)16(12-4-8-14(18-2)9-5-12)13-6-10-15(19-3)11-7-13/h4-11,16,20-21H,1-3H3. The van der Waals surface area contributed by atoms with E-state index in [0.717, 1.165) is 22.6 Å². The topological polar surface area (TPSA) is 18.5 Å². The minimum Gasteiger partial charge on any atom is -0.497 e. The zero-order valence-electron chi connectivity index (χ0n) is 12.4. The van der Waals surface area contributed by atoms with Gasteiger partial charge in [0.15, 0.2) is 0 Å². The molecular formula is C17H20O2S2. The van der Waals surface area contributed by atoms with Crippen molar-refractivity contribution in [1.82, 2.24) is 0 Å². The summed E-state index contributed by atoms with van der Waals surface area (Å²) in [6.07, 6.45) is 0. The minimum absolute atomic E-state index is 0.0565. The maximum Gasteiger partial charge on any atom is 0.118 e. The number of ether oxygens (including phenoxy) is 2. The summed E-state index contributed by atoms with van der Waals surface area (Å²) in [5.41, 5.74) is 2.29. The highest BCUT2D eigenvalue weighted by Gasteiger charge is 2.29. The largest absolute Gasteiger partial charge is 0.497 e. The van der Waals surface area contributed by atoms with Crippen LogP contribution in [0.5, 0.6) is 11.5 Å². The molecule has 0 radical (unpaired) electrons.